The second-order valence-electron chi connectivity index (χ2n) is 4.07. The van der Waals surface area contributed by atoms with E-state index in [2.05, 4.69) is 15.1 Å². The van der Waals surface area contributed by atoms with Gasteiger partial charge in [0.25, 0.3) is 0 Å². The summed E-state index contributed by atoms with van der Waals surface area (Å²) in [5, 5.41) is 8.08. The highest BCUT2D eigenvalue weighted by Gasteiger charge is 2.10. The normalized spacial score (nSPS) is 10.2. The number of ether oxygens (including phenoxy) is 1. The van der Waals surface area contributed by atoms with Crippen LogP contribution in [-0.2, 0) is 0 Å². The smallest absolute Gasteiger partial charge is 0.155 e. The van der Waals surface area contributed by atoms with Crippen molar-refractivity contribution in [3.05, 3.63) is 42.6 Å². The Labute approximate surface area is 113 Å². The quantitative estimate of drug-likeness (QED) is 0.858. The van der Waals surface area contributed by atoms with E-state index in [0.29, 0.717) is 6.54 Å². The van der Waals surface area contributed by atoms with Crippen LogP contribution in [0.3, 0.4) is 0 Å². The number of hydrogen-bond donors (Lipinski definition) is 1. The highest BCUT2D eigenvalue weighted by Crippen LogP contribution is 2.25. The minimum absolute atomic E-state index is 0.646. The molecule has 0 unspecified atom stereocenters. The minimum atomic E-state index is 0.646. The molecule has 0 fully saturated rings. The van der Waals surface area contributed by atoms with E-state index >= 15 is 0 Å². The van der Waals surface area contributed by atoms with Crippen LogP contribution in [0.5, 0.6) is 5.75 Å². The van der Waals surface area contributed by atoms with Gasteiger partial charge in [-0.25, -0.2) is 0 Å². The second kappa shape index (κ2) is 6.70. The molecule has 5 heteroatoms. The van der Waals surface area contributed by atoms with Gasteiger partial charge in [0, 0.05) is 18.4 Å². The molecule has 1 heterocycles. The maximum Gasteiger partial charge on any atom is 0.155 e. The van der Waals surface area contributed by atoms with Gasteiger partial charge in [-0.05, 0) is 49.4 Å². The first-order valence-electron chi connectivity index (χ1n) is 6.24. The largest absolute Gasteiger partial charge is 0.497 e. The summed E-state index contributed by atoms with van der Waals surface area (Å²) in [5.41, 5.74) is 6.65. The number of aromatic nitrogens is 2. The Kier molecular flexibility index (Phi) is 4.69. The molecule has 0 aliphatic heterocycles. The average Bonchev–Trinajstić information content (AvgIpc) is 2.49. The summed E-state index contributed by atoms with van der Waals surface area (Å²) in [6.07, 6.45) is 2.56. The van der Waals surface area contributed by atoms with E-state index in [1.807, 2.05) is 36.4 Å². The van der Waals surface area contributed by atoms with E-state index < -0.39 is 0 Å². The van der Waals surface area contributed by atoms with E-state index in [-0.39, 0.29) is 0 Å². The molecule has 0 aliphatic carbocycles. The fourth-order valence-electron chi connectivity index (χ4n) is 1.82. The standard InChI is InChI=1S/C14H18N4O/c1-19-13-7-5-12(6-8-13)18(11-3-9-15)14-4-2-10-16-17-14/h2,4-8,10H,3,9,11,15H2,1H3. The second-order valence-corrected chi connectivity index (χ2v) is 4.07. The topological polar surface area (TPSA) is 64.3 Å². The summed E-state index contributed by atoms with van der Waals surface area (Å²) in [4.78, 5) is 2.10. The summed E-state index contributed by atoms with van der Waals surface area (Å²) in [5.74, 6) is 1.66. The van der Waals surface area contributed by atoms with E-state index in [4.69, 9.17) is 10.5 Å². The SMILES string of the molecule is COc1ccc(N(CCCN)c2cccnn2)cc1. The Hall–Kier alpha value is -2.14. The van der Waals surface area contributed by atoms with Crippen molar-refractivity contribution in [1.82, 2.24) is 10.2 Å². The molecule has 0 saturated carbocycles. The zero-order chi connectivity index (χ0) is 13.5. The summed E-state index contributed by atoms with van der Waals surface area (Å²) in [6, 6.07) is 11.7. The first-order valence-corrected chi connectivity index (χ1v) is 6.24. The maximum absolute atomic E-state index is 5.60. The molecule has 2 rings (SSSR count). The Bertz CT molecular complexity index is 487. The van der Waals surface area contributed by atoms with Gasteiger partial charge < -0.3 is 15.4 Å². The summed E-state index contributed by atoms with van der Waals surface area (Å²) < 4.78 is 5.17. The third-order valence-electron chi connectivity index (χ3n) is 2.80. The maximum atomic E-state index is 5.60. The zero-order valence-electron chi connectivity index (χ0n) is 11.0. The number of hydrogen-bond acceptors (Lipinski definition) is 5. The molecule has 5 nitrogen and oxygen atoms in total. The lowest BCUT2D eigenvalue weighted by molar-refractivity contribution is 0.415. The number of nitrogens with zero attached hydrogens (tertiary/aromatic N) is 3. The average molecular weight is 258 g/mol. The lowest BCUT2D eigenvalue weighted by Gasteiger charge is -2.23. The molecule has 0 saturated heterocycles. The van der Waals surface area contributed by atoms with Gasteiger partial charge in [-0.1, -0.05) is 0 Å². The lowest BCUT2D eigenvalue weighted by atomic mass is 10.2. The van der Waals surface area contributed by atoms with E-state index in [1.165, 1.54) is 0 Å². The van der Waals surface area contributed by atoms with Crippen LogP contribution in [0.2, 0.25) is 0 Å². The number of anilines is 2. The number of rotatable bonds is 6. The molecule has 100 valence electrons. The first kappa shape index (κ1) is 13.3. The third kappa shape index (κ3) is 3.42. The predicted octanol–water partition coefficient (Wildman–Crippen LogP) is 1.97. The van der Waals surface area contributed by atoms with Gasteiger partial charge in [0.15, 0.2) is 5.82 Å². The fourth-order valence-corrected chi connectivity index (χ4v) is 1.82. The number of nitrogens with two attached hydrogens (primary N) is 1. The van der Waals surface area contributed by atoms with Crippen LogP contribution < -0.4 is 15.4 Å². The van der Waals surface area contributed by atoms with Crippen molar-refractivity contribution < 1.29 is 4.74 Å². The summed E-state index contributed by atoms with van der Waals surface area (Å²) in [6.45, 7) is 1.45. The third-order valence-corrected chi connectivity index (χ3v) is 2.80. The first-order chi connectivity index (χ1) is 9.35. The molecule has 19 heavy (non-hydrogen) atoms. The number of methoxy groups -OCH3 is 1. The Morgan fingerprint density at radius 1 is 1.21 bits per heavy atom. The Morgan fingerprint density at radius 3 is 2.58 bits per heavy atom. The van der Waals surface area contributed by atoms with Crippen LogP contribution in [0, 0.1) is 0 Å². The minimum Gasteiger partial charge on any atom is -0.497 e. The van der Waals surface area contributed by atoms with E-state index in [9.17, 15) is 0 Å². The fraction of sp³-hybridized carbons (Fsp3) is 0.286. The molecule has 0 amide bonds. The van der Waals surface area contributed by atoms with Crippen molar-refractivity contribution in [3.8, 4) is 5.75 Å². The zero-order valence-corrected chi connectivity index (χ0v) is 11.0. The van der Waals surface area contributed by atoms with Crippen LogP contribution in [-0.4, -0.2) is 30.4 Å². The van der Waals surface area contributed by atoms with E-state index in [1.54, 1.807) is 13.3 Å². The summed E-state index contributed by atoms with van der Waals surface area (Å²) in [7, 11) is 1.66. The van der Waals surface area contributed by atoms with Gasteiger partial charge >= 0.3 is 0 Å². The van der Waals surface area contributed by atoms with Crippen LogP contribution in [0.4, 0.5) is 11.5 Å². The molecule has 0 aliphatic rings. The summed E-state index contributed by atoms with van der Waals surface area (Å²) >= 11 is 0. The van der Waals surface area contributed by atoms with Gasteiger partial charge in [-0.3, -0.25) is 0 Å². The Morgan fingerprint density at radius 2 is 2.00 bits per heavy atom. The predicted molar refractivity (Wildman–Crippen MR) is 75.7 cm³/mol. The van der Waals surface area contributed by atoms with Gasteiger partial charge in [0.05, 0.1) is 7.11 Å². The molecule has 2 N–H and O–H groups in total. The Balaban J connectivity index is 2.26. The van der Waals surface area contributed by atoms with Crippen molar-refractivity contribution in [3.63, 3.8) is 0 Å². The molecule has 0 radical (unpaired) electrons. The van der Waals surface area contributed by atoms with Gasteiger partial charge in [0.1, 0.15) is 5.75 Å². The molecule has 2 aromatic rings. The van der Waals surface area contributed by atoms with Crippen molar-refractivity contribution >= 4 is 11.5 Å². The van der Waals surface area contributed by atoms with Crippen molar-refractivity contribution in [2.24, 2.45) is 5.73 Å². The van der Waals surface area contributed by atoms with Crippen LogP contribution in [0.25, 0.3) is 0 Å². The highest BCUT2D eigenvalue weighted by atomic mass is 16.5. The molecular formula is C14H18N4O. The molecule has 1 aromatic carbocycles. The van der Waals surface area contributed by atoms with Gasteiger partial charge in [-0.15, -0.1) is 5.10 Å². The number of benzene rings is 1. The van der Waals surface area contributed by atoms with E-state index in [0.717, 1.165) is 30.2 Å². The molecule has 0 atom stereocenters. The van der Waals surface area contributed by atoms with Crippen molar-refractivity contribution in [2.75, 3.05) is 25.1 Å². The monoisotopic (exact) mass is 258 g/mol. The lowest BCUT2D eigenvalue weighted by Crippen LogP contribution is -2.22. The van der Waals surface area contributed by atoms with Crippen LogP contribution in [0.1, 0.15) is 6.42 Å². The molecular weight excluding hydrogens is 240 g/mol. The van der Waals surface area contributed by atoms with Gasteiger partial charge in [-0.2, -0.15) is 5.10 Å². The van der Waals surface area contributed by atoms with Crippen molar-refractivity contribution in [1.29, 1.82) is 0 Å². The molecule has 1 aromatic heterocycles. The van der Waals surface area contributed by atoms with Crippen molar-refractivity contribution in [2.45, 2.75) is 6.42 Å². The van der Waals surface area contributed by atoms with Crippen LogP contribution in [0.15, 0.2) is 42.6 Å². The highest BCUT2D eigenvalue weighted by molar-refractivity contribution is 5.60. The molecule has 0 spiro atoms. The van der Waals surface area contributed by atoms with Crippen LogP contribution >= 0.6 is 0 Å². The molecule has 0 bridgehead atoms. The van der Waals surface area contributed by atoms with Gasteiger partial charge in [0.2, 0.25) is 0 Å².